The van der Waals surface area contributed by atoms with E-state index in [1.807, 2.05) is 6.92 Å². The van der Waals surface area contributed by atoms with Gasteiger partial charge in [0.05, 0.1) is 0 Å². The van der Waals surface area contributed by atoms with Crippen molar-refractivity contribution in [1.29, 1.82) is 0 Å². The summed E-state index contributed by atoms with van der Waals surface area (Å²) in [4.78, 5) is 4.39. The Labute approximate surface area is 120 Å². The molecule has 0 saturated carbocycles. The number of hydrogen-bond acceptors (Lipinski definition) is 4. The topological polar surface area (TPSA) is 28.2 Å². The molecule has 3 nitrogen and oxygen atoms in total. The zero-order valence-electron chi connectivity index (χ0n) is 11.1. The Hall–Kier alpha value is -0.790. The maximum atomic E-state index is 12.6. The highest BCUT2D eigenvalue weighted by molar-refractivity contribution is 7.97. The Morgan fingerprint density at radius 2 is 2.10 bits per heavy atom. The van der Waals surface area contributed by atoms with Gasteiger partial charge in [0.2, 0.25) is 0 Å². The average molecular weight is 303 g/mol. The third-order valence-corrected chi connectivity index (χ3v) is 4.95. The number of alkyl halides is 3. The van der Waals surface area contributed by atoms with Crippen LogP contribution < -0.4 is 5.32 Å². The molecule has 2 aliphatic heterocycles. The lowest BCUT2D eigenvalue weighted by Crippen LogP contribution is -2.69. The van der Waals surface area contributed by atoms with Crippen LogP contribution in [0.4, 0.5) is 13.2 Å². The highest BCUT2D eigenvalue weighted by Crippen LogP contribution is 2.41. The van der Waals surface area contributed by atoms with Crippen molar-refractivity contribution in [2.45, 2.75) is 24.4 Å². The second-order valence-electron chi connectivity index (χ2n) is 5.52. The maximum absolute atomic E-state index is 12.6. The summed E-state index contributed by atoms with van der Waals surface area (Å²) in [5.41, 5.74) is 0.325. The maximum Gasteiger partial charge on any atom is 0.433 e. The molecule has 20 heavy (non-hydrogen) atoms. The smallest absolute Gasteiger partial charge is 0.315 e. The van der Waals surface area contributed by atoms with Crippen LogP contribution in [0, 0.1) is 5.41 Å². The molecule has 0 radical (unpaired) electrons. The first-order chi connectivity index (χ1) is 9.42. The van der Waals surface area contributed by atoms with Crippen molar-refractivity contribution >= 4 is 11.9 Å². The molecule has 0 unspecified atom stereocenters. The number of halogens is 3. The van der Waals surface area contributed by atoms with Gasteiger partial charge < -0.3 is 5.32 Å². The predicted octanol–water partition coefficient (Wildman–Crippen LogP) is 2.58. The molecule has 0 bridgehead atoms. The van der Waals surface area contributed by atoms with E-state index in [1.54, 1.807) is 0 Å². The SMILES string of the molecule is CCc1cc(C(F)(F)F)ncc1SN1CC2(CNC2)C1. The summed E-state index contributed by atoms with van der Waals surface area (Å²) < 4.78 is 40.1. The summed E-state index contributed by atoms with van der Waals surface area (Å²) in [6, 6.07) is 1.17. The summed E-state index contributed by atoms with van der Waals surface area (Å²) in [5, 5.41) is 3.26. The molecule has 3 rings (SSSR count). The number of pyridine rings is 1. The van der Waals surface area contributed by atoms with Gasteiger partial charge in [-0.05, 0) is 30.0 Å². The van der Waals surface area contributed by atoms with Gasteiger partial charge >= 0.3 is 6.18 Å². The van der Waals surface area contributed by atoms with Crippen molar-refractivity contribution in [3.63, 3.8) is 0 Å². The Morgan fingerprint density at radius 3 is 2.60 bits per heavy atom. The highest BCUT2D eigenvalue weighted by Gasteiger charge is 2.48. The first-order valence-corrected chi connectivity index (χ1v) is 7.39. The quantitative estimate of drug-likeness (QED) is 0.869. The molecule has 0 amide bonds. The normalized spacial score (nSPS) is 21.6. The Balaban J connectivity index is 1.70. The third-order valence-electron chi connectivity index (χ3n) is 3.87. The second-order valence-corrected chi connectivity index (χ2v) is 6.66. The van der Waals surface area contributed by atoms with Crippen LogP contribution in [0.25, 0.3) is 0 Å². The summed E-state index contributed by atoms with van der Waals surface area (Å²) in [5.74, 6) is 0. The van der Waals surface area contributed by atoms with Crippen LogP contribution in [0.5, 0.6) is 0 Å². The lowest BCUT2D eigenvalue weighted by atomic mass is 9.76. The highest BCUT2D eigenvalue weighted by atomic mass is 32.2. The van der Waals surface area contributed by atoms with E-state index < -0.39 is 11.9 Å². The zero-order valence-corrected chi connectivity index (χ0v) is 11.9. The van der Waals surface area contributed by atoms with Crippen molar-refractivity contribution in [2.75, 3.05) is 26.2 Å². The Bertz CT molecular complexity index is 506. The Kier molecular flexibility index (Phi) is 3.46. The van der Waals surface area contributed by atoms with E-state index in [1.165, 1.54) is 24.2 Å². The van der Waals surface area contributed by atoms with Gasteiger partial charge in [0, 0.05) is 42.7 Å². The van der Waals surface area contributed by atoms with Crippen molar-refractivity contribution in [3.8, 4) is 0 Å². The second kappa shape index (κ2) is 4.89. The fraction of sp³-hybridized carbons (Fsp3) is 0.615. The van der Waals surface area contributed by atoms with E-state index in [0.717, 1.165) is 31.1 Å². The van der Waals surface area contributed by atoms with E-state index in [4.69, 9.17) is 0 Å². The van der Waals surface area contributed by atoms with Crippen LogP contribution in [-0.2, 0) is 12.6 Å². The van der Waals surface area contributed by atoms with E-state index in [-0.39, 0.29) is 0 Å². The molecule has 2 aliphatic rings. The van der Waals surface area contributed by atoms with Gasteiger partial charge in [-0.25, -0.2) is 4.31 Å². The fourth-order valence-corrected chi connectivity index (χ4v) is 3.98. The molecule has 1 spiro atoms. The van der Waals surface area contributed by atoms with Crippen LogP contribution in [0.3, 0.4) is 0 Å². The predicted molar refractivity (Wildman–Crippen MR) is 71.3 cm³/mol. The summed E-state index contributed by atoms with van der Waals surface area (Å²) in [7, 11) is 0. The van der Waals surface area contributed by atoms with Crippen molar-refractivity contribution < 1.29 is 13.2 Å². The lowest BCUT2D eigenvalue weighted by Gasteiger charge is -2.55. The molecule has 1 aromatic rings. The molecule has 0 aromatic carbocycles. The number of nitrogens with one attached hydrogen (secondary N) is 1. The molecule has 0 atom stereocenters. The first-order valence-electron chi connectivity index (χ1n) is 6.62. The number of hydrogen-bond donors (Lipinski definition) is 1. The number of aryl methyl sites for hydroxylation is 1. The molecule has 110 valence electrons. The summed E-state index contributed by atoms with van der Waals surface area (Å²) in [6.45, 7) is 5.96. The van der Waals surface area contributed by atoms with Gasteiger partial charge in [-0.2, -0.15) is 13.2 Å². The van der Waals surface area contributed by atoms with E-state index >= 15 is 0 Å². The van der Waals surface area contributed by atoms with Gasteiger partial charge in [-0.3, -0.25) is 4.98 Å². The molecule has 1 N–H and O–H groups in total. The van der Waals surface area contributed by atoms with Crippen LogP contribution >= 0.6 is 11.9 Å². The number of rotatable bonds is 3. The molecular weight excluding hydrogens is 287 g/mol. The van der Waals surface area contributed by atoms with Crippen molar-refractivity contribution in [3.05, 3.63) is 23.5 Å². The minimum atomic E-state index is -4.37. The van der Waals surface area contributed by atoms with Crippen LogP contribution in [0.15, 0.2) is 17.2 Å². The summed E-state index contributed by atoms with van der Waals surface area (Å²) in [6.07, 6.45) is -2.43. The van der Waals surface area contributed by atoms with Crippen LogP contribution in [-0.4, -0.2) is 35.5 Å². The largest absolute Gasteiger partial charge is 0.433 e. The third kappa shape index (κ3) is 2.54. The molecule has 0 aliphatic carbocycles. The number of aromatic nitrogens is 1. The van der Waals surface area contributed by atoms with E-state index in [2.05, 4.69) is 14.6 Å². The summed E-state index contributed by atoms with van der Waals surface area (Å²) >= 11 is 1.53. The molecule has 2 fully saturated rings. The monoisotopic (exact) mass is 303 g/mol. The van der Waals surface area contributed by atoms with Gasteiger partial charge in [0.15, 0.2) is 0 Å². The van der Waals surface area contributed by atoms with Gasteiger partial charge in [-0.1, -0.05) is 6.92 Å². The van der Waals surface area contributed by atoms with Gasteiger partial charge in [0.1, 0.15) is 5.69 Å². The van der Waals surface area contributed by atoms with Crippen molar-refractivity contribution in [2.24, 2.45) is 5.41 Å². The minimum absolute atomic E-state index is 0.415. The number of nitrogens with zero attached hydrogens (tertiary/aromatic N) is 2. The molecule has 3 heterocycles. The molecular formula is C13H16F3N3S. The van der Waals surface area contributed by atoms with E-state index in [0.29, 0.717) is 17.4 Å². The van der Waals surface area contributed by atoms with Crippen LogP contribution in [0.2, 0.25) is 0 Å². The Morgan fingerprint density at radius 1 is 1.40 bits per heavy atom. The van der Waals surface area contributed by atoms with Gasteiger partial charge in [-0.15, -0.1) is 0 Å². The minimum Gasteiger partial charge on any atom is -0.315 e. The van der Waals surface area contributed by atoms with Crippen LogP contribution in [0.1, 0.15) is 18.2 Å². The lowest BCUT2D eigenvalue weighted by molar-refractivity contribution is -0.141. The fourth-order valence-electron chi connectivity index (χ4n) is 2.61. The van der Waals surface area contributed by atoms with E-state index in [9.17, 15) is 13.2 Å². The first kappa shape index (κ1) is 14.2. The standard InChI is InChI=1S/C13H16F3N3S/c1-2-9-3-11(13(14,15)16)18-4-10(9)20-19-7-12(8-19)5-17-6-12/h3-4,17H,2,5-8H2,1H3. The zero-order chi connectivity index (χ0) is 14.4. The average Bonchev–Trinajstić information content (AvgIpc) is 2.29. The molecule has 7 heteroatoms. The van der Waals surface area contributed by atoms with Crippen molar-refractivity contribution in [1.82, 2.24) is 14.6 Å². The van der Waals surface area contributed by atoms with Gasteiger partial charge in [0.25, 0.3) is 0 Å². The molecule has 2 saturated heterocycles. The molecule has 1 aromatic heterocycles.